The molecule has 11 heteroatoms. The maximum absolute atomic E-state index is 13.2. The van der Waals surface area contributed by atoms with E-state index in [-0.39, 0.29) is 56.5 Å². The molecule has 0 spiro atoms. The van der Waals surface area contributed by atoms with Gasteiger partial charge in [0.15, 0.2) is 0 Å². The smallest absolute Gasteiger partial charge is 0.410 e. The molecule has 0 radical (unpaired) electrons. The van der Waals surface area contributed by atoms with Crippen molar-refractivity contribution in [2.24, 2.45) is 0 Å². The summed E-state index contributed by atoms with van der Waals surface area (Å²) in [5.41, 5.74) is 1.69. The van der Waals surface area contributed by atoms with Crippen molar-refractivity contribution < 1.29 is 33.4 Å². The summed E-state index contributed by atoms with van der Waals surface area (Å²) in [7, 11) is 0. The van der Waals surface area contributed by atoms with Crippen LogP contribution in [0.3, 0.4) is 0 Å². The summed E-state index contributed by atoms with van der Waals surface area (Å²) in [6, 6.07) is 14.5. The van der Waals surface area contributed by atoms with E-state index < -0.39 is 12.1 Å². The highest BCUT2D eigenvalue weighted by atomic mass is 16.6. The van der Waals surface area contributed by atoms with Crippen molar-refractivity contribution in [1.82, 2.24) is 20.0 Å². The highest BCUT2D eigenvalue weighted by Crippen LogP contribution is 2.25. The monoisotopic (exact) mass is 550 g/mol. The van der Waals surface area contributed by atoms with E-state index in [2.05, 4.69) is 5.32 Å². The molecule has 2 aromatic carbocycles. The van der Waals surface area contributed by atoms with E-state index in [9.17, 15) is 19.2 Å². The molecule has 2 aromatic rings. The van der Waals surface area contributed by atoms with Crippen molar-refractivity contribution in [3.8, 4) is 11.5 Å². The quantitative estimate of drug-likeness (QED) is 0.621. The molecule has 3 aliphatic heterocycles. The van der Waals surface area contributed by atoms with E-state index in [0.29, 0.717) is 44.2 Å². The molecule has 3 heterocycles. The number of ether oxygens (including phenoxy) is 3. The maximum atomic E-state index is 13.2. The van der Waals surface area contributed by atoms with Crippen molar-refractivity contribution in [2.75, 3.05) is 45.9 Å². The Morgan fingerprint density at radius 1 is 1.00 bits per heavy atom. The lowest BCUT2D eigenvalue weighted by Crippen LogP contribution is -2.59. The summed E-state index contributed by atoms with van der Waals surface area (Å²) >= 11 is 0. The van der Waals surface area contributed by atoms with Crippen LogP contribution < -0.4 is 10.1 Å². The molecule has 4 bridgehead atoms. The van der Waals surface area contributed by atoms with Gasteiger partial charge in [0.25, 0.3) is 0 Å². The molecule has 212 valence electrons. The van der Waals surface area contributed by atoms with Gasteiger partial charge in [-0.15, -0.1) is 0 Å². The van der Waals surface area contributed by atoms with Gasteiger partial charge in [-0.1, -0.05) is 24.3 Å². The predicted octanol–water partition coefficient (Wildman–Crippen LogP) is 1.94. The first-order valence-corrected chi connectivity index (χ1v) is 13.6. The van der Waals surface area contributed by atoms with Gasteiger partial charge in [0, 0.05) is 19.6 Å². The fourth-order valence-electron chi connectivity index (χ4n) is 5.17. The van der Waals surface area contributed by atoms with E-state index in [1.54, 1.807) is 4.90 Å². The van der Waals surface area contributed by atoms with Gasteiger partial charge in [-0.25, -0.2) is 4.79 Å². The van der Waals surface area contributed by atoms with Crippen LogP contribution in [0.25, 0.3) is 0 Å². The minimum Gasteiger partial charge on any atom is -0.457 e. The van der Waals surface area contributed by atoms with Crippen LogP contribution in [0.1, 0.15) is 24.5 Å². The fraction of sp³-hybridized carbons (Fsp3) is 0.448. The number of carbonyl (C=O) groups is 4. The molecular weight excluding hydrogens is 516 g/mol. The zero-order chi connectivity index (χ0) is 28.1. The largest absolute Gasteiger partial charge is 0.457 e. The highest BCUT2D eigenvalue weighted by molar-refractivity contribution is 5.86. The van der Waals surface area contributed by atoms with E-state index in [1.165, 1.54) is 9.80 Å². The summed E-state index contributed by atoms with van der Waals surface area (Å²) in [6.45, 7) is 3.61. The molecular formula is C29H34N4O7. The molecule has 4 amide bonds. The summed E-state index contributed by atoms with van der Waals surface area (Å²) in [6.07, 6.45) is -0.220. The lowest BCUT2D eigenvalue weighted by molar-refractivity contribution is -0.139. The second-order valence-corrected chi connectivity index (χ2v) is 10.2. The lowest BCUT2D eigenvalue weighted by atomic mass is 10.0. The van der Waals surface area contributed by atoms with Crippen LogP contribution in [-0.2, 0) is 36.9 Å². The number of rotatable bonds is 3. The molecule has 2 atom stereocenters. The van der Waals surface area contributed by atoms with Gasteiger partial charge in [0.2, 0.25) is 17.7 Å². The molecule has 1 N–H and O–H groups in total. The molecule has 5 rings (SSSR count). The maximum Gasteiger partial charge on any atom is 0.410 e. The van der Waals surface area contributed by atoms with E-state index in [0.717, 1.165) is 11.1 Å². The van der Waals surface area contributed by atoms with Gasteiger partial charge in [-0.05, 0) is 48.7 Å². The average Bonchev–Trinajstić information content (AvgIpc) is 3.34. The summed E-state index contributed by atoms with van der Waals surface area (Å²) < 4.78 is 17.3. The molecule has 40 heavy (non-hydrogen) atoms. The van der Waals surface area contributed by atoms with Crippen molar-refractivity contribution in [2.45, 2.75) is 38.5 Å². The first-order chi connectivity index (χ1) is 19.4. The molecule has 3 aliphatic rings. The summed E-state index contributed by atoms with van der Waals surface area (Å²) in [5.74, 6) is 0.552. The van der Waals surface area contributed by atoms with Crippen LogP contribution >= 0.6 is 0 Å². The summed E-state index contributed by atoms with van der Waals surface area (Å²) in [5, 5.41) is 3.02. The molecule has 0 aromatic heterocycles. The standard InChI is InChI=1S/C29H34N4O7/c1-2-31-17-26(34)30-24-16-32(28(36)18-33-11-12-38-29(33)37)10-9-25(24)39-19-21-6-4-8-23(14-21)40-22-7-3-5-20(13-22)15-27(31)35/h3-8,13-14,24-25H,2,9-12,15-19H2,1H3,(H,30,34)/t24-,25-/m0/s1. The second kappa shape index (κ2) is 12.4. The minimum atomic E-state index is -0.498. The number of amides is 4. The Morgan fingerprint density at radius 3 is 2.48 bits per heavy atom. The third-order valence-electron chi connectivity index (χ3n) is 7.34. The Morgan fingerprint density at radius 2 is 1.75 bits per heavy atom. The Labute approximate surface area is 232 Å². The van der Waals surface area contributed by atoms with Gasteiger partial charge in [0.1, 0.15) is 24.7 Å². The number of likely N-dealkylation sites (tertiary alicyclic amines) is 1. The zero-order valence-corrected chi connectivity index (χ0v) is 22.5. The Bertz CT molecular complexity index is 1270. The number of hydrogen-bond acceptors (Lipinski definition) is 7. The van der Waals surface area contributed by atoms with Crippen LogP contribution in [0, 0.1) is 0 Å². The Hall–Kier alpha value is -4.12. The van der Waals surface area contributed by atoms with Crippen LogP contribution in [0.15, 0.2) is 48.5 Å². The normalized spacial score (nSPS) is 22.1. The predicted molar refractivity (Wildman–Crippen MR) is 144 cm³/mol. The third-order valence-corrected chi connectivity index (χ3v) is 7.34. The molecule has 0 saturated carbocycles. The summed E-state index contributed by atoms with van der Waals surface area (Å²) in [4.78, 5) is 55.6. The number of nitrogens with zero attached hydrogens (tertiary/aromatic N) is 3. The second-order valence-electron chi connectivity index (χ2n) is 10.2. The number of piperidine rings is 1. The minimum absolute atomic E-state index is 0.0728. The van der Waals surface area contributed by atoms with Crippen LogP contribution in [0.2, 0.25) is 0 Å². The van der Waals surface area contributed by atoms with Gasteiger partial charge >= 0.3 is 6.09 Å². The number of carbonyl (C=O) groups excluding carboxylic acids is 4. The first-order valence-electron chi connectivity index (χ1n) is 13.6. The van der Waals surface area contributed by atoms with Gasteiger partial charge in [-0.2, -0.15) is 0 Å². The zero-order valence-electron chi connectivity index (χ0n) is 22.5. The molecule has 0 unspecified atom stereocenters. The van der Waals surface area contributed by atoms with E-state index in [4.69, 9.17) is 14.2 Å². The first kappa shape index (κ1) is 27.4. The number of hydrogen-bond donors (Lipinski definition) is 1. The fourth-order valence-corrected chi connectivity index (χ4v) is 5.17. The van der Waals surface area contributed by atoms with Gasteiger partial charge in [0.05, 0.1) is 38.3 Å². The molecule has 0 aliphatic carbocycles. The number of nitrogens with one attached hydrogen (secondary N) is 1. The van der Waals surface area contributed by atoms with Crippen molar-refractivity contribution in [1.29, 1.82) is 0 Å². The van der Waals surface area contributed by atoms with Crippen molar-refractivity contribution in [3.05, 3.63) is 59.7 Å². The molecule has 11 nitrogen and oxygen atoms in total. The lowest BCUT2D eigenvalue weighted by Gasteiger charge is -2.39. The third kappa shape index (κ3) is 6.71. The van der Waals surface area contributed by atoms with Crippen molar-refractivity contribution in [3.63, 3.8) is 0 Å². The molecule has 2 saturated heterocycles. The van der Waals surface area contributed by atoms with Gasteiger partial charge in [-0.3, -0.25) is 19.3 Å². The highest BCUT2D eigenvalue weighted by Gasteiger charge is 2.35. The Balaban J connectivity index is 1.36. The SMILES string of the molecule is CCN1CC(=O)N[C@H]2CN(C(=O)CN3CCOC3=O)CC[C@@H]2OCc2cccc(c2)Oc2cccc(c2)CC1=O. The van der Waals surface area contributed by atoms with Crippen LogP contribution in [0.4, 0.5) is 4.79 Å². The number of fused-ring (bicyclic) bond motifs is 5. The average molecular weight is 551 g/mol. The van der Waals surface area contributed by atoms with Crippen LogP contribution in [-0.4, -0.2) is 96.5 Å². The van der Waals surface area contributed by atoms with Crippen LogP contribution in [0.5, 0.6) is 11.5 Å². The number of benzene rings is 2. The van der Waals surface area contributed by atoms with E-state index in [1.807, 2.05) is 55.5 Å². The van der Waals surface area contributed by atoms with Gasteiger partial charge < -0.3 is 29.3 Å². The Kier molecular flexibility index (Phi) is 8.49. The van der Waals surface area contributed by atoms with Crippen molar-refractivity contribution >= 4 is 23.8 Å². The molecule has 2 fully saturated rings. The number of likely N-dealkylation sites (N-methyl/N-ethyl adjacent to an activating group) is 1. The van der Waals surface area contributed by atoms with E-state index >= 15 is 0 Å². The topological polar surface area (TPSA) is 118 Å². The number of cyclic esters (lactones) is 1.